The van der Waals surface area contributed by atoms with Crippen molar-refractivity contribution < 1.29 is 4.74 Å². The van der Waals surface area contributed by atoms with E-state index < -0.39 is 0 Å². The number of halogens is 1. The van der Waals surface area contributed by atoms with Crippen LogP contribution in [0.2, 0.25) is 0 Å². The molecular formula is C15H15AlClN5O. The summed E-state index contributed by atoms with van der Waals surface area (Å²) in [7, 11) is 0. The Morgan fingerprint density at radius 1 is 1.26 bits per heavy atom. The largest absolute Gasteiger partial charge is 0.378 e. The minimum absolute atomic E-state index is 0.471. The molecule has 4 heterocycles. The Balaban J connectivity index is 1.88. The van der Waals surface area contributed by atoms with Crippen molar-refractivity contribution in [2.45, 2.75) is 5.88 Å². The Hall–Kier alpha value is -1.52. The first kappa shape index (κ1) is 15.0. The normalized spacial score (nSPS) is 15.4. The number of hydrogen-bond donors (Lipinski definition) is 0. The lowest BCUT2D eigenvalue weighted by Gasteiger charge is -2.29. The number of ether oxygens (including phenoxy) is 1. The zero-order valence-electron chi connectivity index (χ0n) is 12.5. The van der Waals surface area contributed by atoms with Crippen LogP contribution >= 0.6 is 11.6 Å². The topological polar surface area (TPSA) is 47.6 Å². The third-order valence-electron chi connectivity index (χ3n) is 3.92. The van der Waals surface area contributed by atoms with Crippen molar-refractivity contribution in [2.75, 3.05) is 31.2 Å². The van der Waals surface area contributed by atoms with Crippen molar-refractivity contribution >= 4 is 43.9 Å². The number of hydrogen-bond acceptors (Lipinski definition) is 4. The Morgan fingerprint density at radius 2 is 2.09 bits per heavy atom. The van der Waals surface area contributed by atoms with Crippen LogP contribution in [0.5, 0.6) is 0 Å². The van der Waals surface area contributed by atoms with Crippen LogP contribution in [-0.2, 0) is 10.6 Å². The van der Waals surface area contributed by atoms with E-state index in [9.17, 15) is 0 Å². The van der Waals surface area contributed by atoms with Crippen LogP contribution in [0.25, 0.3) is 11.5 Å². The molecule has 0 saturated carbocycles. The molecule has 0 amide bonds. The summed E-state index contributed by atoms with van der Waals surface area (Å²) in [6, 6.07) is 6.02. The maximum Gasteiger partial charge on any atom is 0.212 e. The van der Waals surface area contributed by atoms with E-state index in [-0.39, 0.29) is 0 Å². The monoisotopic (exact) mass is 343 g/mol. The predicted molar refractivity (Wildman–Crippen MR) is 90.3 cm³/mol. The van der Waals surface area contributed by atoms with E-state index in [1.165, 1.54) is 0 Å². The molecule has 0 N–H and O–H groups in total. The molecule has 23 heavy (non-hydrogen) atoms. The second-order valence-electron chi connectivity index (χ2n) is 5.47. The Bertz CT molecular complexity index is 840. The SMILES string of the molecule is [Al][c]1ccn(-c2cc(N3CCOCC3)n3cc(CCl)cc3n2)n1. The molecule has 2 radical (unpaired) electrons. The van der Waals surface area contributed by atoms with E-state index >= 15 is 0 Å². The fourth-order valence-corrected chi connectivity index (χ4v) is 3.16. The van der Waals surface area contributed by atoms with Gasteiger partial charge in [0.1, 0.15) is 11.5 Å². The summed E-state index contributed by atoms with van der Waals surface area (Å²) in [6.45, 7) is 3.20. The molecule has 0 aliphatic carbocycles. The molecule has 1 aliphatic heterocycles. The van der Waals surface area contributed by atoms with Crippen molar-refractivity contribution in [3.8, 4) is 5.82 Å². The summed E-state index contributed by atoms with van der Waals surface area (Å²) < 4.78 is 10.2. The van der Waals surface area contributed by atoms with Gasteiger partial charge in [0.05, 0.1) is 13.2 Å². The van der Waals surface area contributed by atoms with Crippen LogP contribution in [0.15, 0.2) is 30.6 Å². The Kier molecular flexibility index (Phi) is 4.04. The third kappa shape index (κ3) is 2.86. The third-order valence-corrected chi connectivity index (χ3v) is 4.54. The van der Waals surface area contributed by atoms with Gasteiger partial charge in [-0.2, -0.15) is 5.10 Å². The highest BCUT2D eigenvalue weighted by Gasteiger charge is 2.17. The van der Waals surface area contributed by atoms with Gasteiger partial charge in [-0.05, 0) is 22.3 Å². The van der Waals surface area contributed by atoms with Crippen molar-refractivity contribution in [2.24, 2.45) is 0 Å². The van der Waals surface area contributed by atoms with Crippen LogP contribution in [0.1, 0.15) is 5.56 Å². The highest BCUT2D eigenvalue weighted by molar-refractivity contribution is 6.30. The molecule has 0 atom stereocenters. The molecule has 0 aromatic carbocycles. The van der Waals surface area contributed by atoms with Gasteiger partial charge in [0.15, 0.2) is 5.82 Å². The first-order valence-electron chi connectivity index (χ1n) is 7.47. The van der Waals surface area contributed by atoms with Crippen LogP contribution in [0.3, 0.4) is 0 Å². The second-order valence-corrected chi connectivity index (χ2v) is 6.33. The number of fused-ring (bicyclic) bond motifs is 1. The first-order valence-corrected chi connectivity index (χ1v) is 8.58. The van der Waals surface area contributed by atoms with Crippen LogP contribution < -0.4 is 9.46 Å². The van der Waals surface area contributed by atoms with Crippen LogP contribution in [0.4, 0.5) is 5.82 Å². The number of aromatic nitrogens is 4. The van der Waals surface area contributed by atoms with Crippen molar-refractivity contribution in [1.82, 2.24) is 19.2 Å². The number of nitrogens with zero attached hydrogens (tertiary/aromatic N) is 5. The smallest absolute Gasteiger partial charge is 0.212 e. The van der Waals surface area contributed by atoms with Crippen LogP contribution in [-0.4, -0.2) is 61.8 Å². The molecular weight excluding hydrogens is 329 g/mol. The zero-order valence-corrected chi connectivity index (χ0v) is 14.4. The molecule has 116 valence electrons. The Labute approximate surface area is 147 Å². The van der Waals surface area contributed by atoms with E-state index in [1.807, 2.05) is 24.5 Å². The maximum atomic E-state index is 6.00. The van der Waals surface area contributed by atoms with Gasteiger partial charge in [-0.15, -0.1) is 11.6 Å². The van der Waals surface area contributed by atoms with E-state index in [1.54, 1.807) is 4.68 Å². The van der Waals surface area contributed by atoms with Gasteiger partial charge in [-0.1, -0.05) is 0 Å². The molecule has 1 aliphatic rings. The lowest BCUT2D eigenvalue weighted by molar-refractivity contribution is 0.122. The molecule has 0 bridgehead atoms. The molecule has 3 aromatic rings. The highest BCUT2D eigenvalue weighted by atomic mass is 35.5. The molecule has 4 rings (SSSR count). The fraction of sp³-hybridized carbons (Fsp3) is 0.333. The molecule has 1 saturated heterocycles. The van der Waals surface area contributed by atoms with E-state index in [4.69, 9.17) is 21.3 Å². The van der Waals surface area contributed by atoms with Gasteiger partial charge in [0.2, 0.25) is 16.3 Å². The minimum Gasteiger partial charge on any atom is -0.378 e. The summed E-state index contributed by atoms with van der Waals surface area (Å²) in [5, 5.41) is 4.44. The van der Waals surface area contributed by atoms with E-state index in [0.717, 1.165) is 53.7 Å². The van der Waals surface area contributed by atoms with Gasteiger partial charge in [0, 0.05) is 37.4 Å². The zero-order chi connectivity index (χ0) is 15.8. The van der Waals surface area contributed by atoms with Crippen molar-refractivity contribution in [1.29, 1.82) is 0 Å². The highest BCUT2D eigenvalue weighted by Crippen LogP contribution is 2.23. The number of rotatable bonds is 3. The van der Waals surface area contributed by atoms with Gasteiger partial charge < -0.3 is 9.64 Å². The van der Waals surface area contributed by atoms with E-state index in [2.05, 4.69) is 36.8 Å². The summed E-state index contributed by atoms with van der Waals surface area (Å²) in [5.41, 5.74) is 1.93. The average Bonchev–Trinajstić information content (AvgIpc) is 3.20. The molecule has 0 spiro atoms. The second kappa shape index (κ2) is 6.18. The summed E-state index contributed by atoms with van der Waals surface area (Å²) in [6.07, 6.45) is 3.96. The van der Waals surface area contributed by atoms with E-state index in [0.29, 0.717) is 5.88 Å². The average molecular weight is 344 g/mol. The number of anilines is 1. The summed E-state index contributed by atoms with van der Waals surface area (Å²) >= 11 is 8.60. The molecule has 3 aromatic heterocycles. The van der Waals surface area contributed by atoms with Crippen molar-refractivity contribution in [3.05, 3.63) is 36.2 Å². The maximum absolute atomic E-state index is 6.00. The lowest BCUT2D eigenvalue weighted by atomic mass is 10.4. The molecule has 0 unspecified atom stereocenters. The van der Waals surface area contributed by atoms with Crippen molar-refractivity contribution in [3.63, 3.8) is 0 Å². The van der Waals surface area contributed by atoms with Gasteiger partial charge >= 0.3 is 0 Å². The number of alkyl halides is 1. The molecule has 8 heteroatoms. The Morgan fingerprint density at radius 3 is 2.78 bits per heavy atom. The summed E-state index contributed by atoms with van der Waals surface area (Å²) in [4.78, 5) is 7.03. The lowest BCUT2D eigenvalue weighted by Crippen LogP contribution is -2.37. The van der Waals surface area contributed by atoms with Gasteiger partial charge in [-0.3, -0.25) is 4.40 Å². The standard InChI is InChI=1S/C15H15ClN5O.Al/c16-10-12-8-13-18-14(21-3-1-2-17-21)9-15(20(13)11-12)19-4-6-22-7-5-19;/h1,3,8-9,11H,4-7,10H2;. The molecule has 1 fully saturated rings. The van der Waals surface area contributed by atoms with Gasteiger partial charge in [-0.25, -0.2) is 9.67 Å². The fourth-order valence-electron chi connectivity index (χ4n) is 2.80. The predicted octanol–water partition coefficient (Wildman–Crippen LogP) is 0.889. The summed E-state index contributed by atoms with van der Waals surface area (Å²) in [5.74, 6) is 2.36. The molecule has 6 nitrogen and oxygen atoms in total. The van der Waals surface area contributed by atoms with Crippen LogP contribution in [0, 0.1) is 0 Å². The number of morpholine rings is 1. The quantitative estimate of drug-likeness (QED) is 0.523. The first-order chi connectivity index (χ1) is 11.2. The van der Waals surface area contributed by atoms with Gasteiger partial charge in [0.25, 0.3) is 0 Å². The minimum atomic E-state index is 0.471.